The van der Waals surface area contributed by atoms with E-state index in [0.717, 1.165) is 0 Å². The second-order valence-corrected chi connectivity index (χ2v) is 5.20. The van der Waals surface area contributed by atoms with Gasteiger partial charge in [0.25, 0.3) is 0 Å². The molecule has 6 heteroatoms. The van der Waals surface area contributed by atoms with E-state index in [4.69, 9.17) is 21.1 Å². The van der Waals surface area contributed by atoms with Crippen molar-refractivity contribution in [3.63, 3.8) is 0 Å². The van der Waals surface area contributed by atoms with E-state index in [9.17, 15) is 9.18 Å². The van der Waals surface area contributed by atoms with Crippen molar-refractivity contribution in [1.82, 2.24) is 4.98 Å². The summed E-state index contributed by atoms with van der Waals surface area (Å²) in [5.41, 5.74) is 0.272. The Morgan fingerprint density at radius 2 is 2.20 bits per heavy atom. The molecule has 0 spiro atoms. The zero-order chi connectivity index (χ0) is 14.9. The maximum Gasteiger partial charge on any atom is 0.373 e. The van der Waals surface area contributed by atoms with Gasteiger partial charge in [-0.25, -0.2) is 14.2 Å². The molecular formula is C14H13ClFNO3. The molecule has 20 heavy (non-hydrogen) atoms. The third kappa shape index (κ3) is 2.82. The molecule has 1 aromatic heterocycles. The molecule has 0 aliphatic carbocycles. The number of oxazole rings is 1. The SMILES string of the molecule is CC(C)Cc1nc(-c2c(F)cccc2Cl)oc1C(=O)O. The van der Waals surface area contributed by atoms with Crippen molar-refractivity contribution in [1.29, 1.82) is 0 Å². The Bertz CT molecular complexity index is 632. The molecule has 0 fully saturated rings. The Labute approximate surface area is 120 Å². The van der Waals surface area contributed by atoms with Gasteiger partial charge in [0.05, 0.1) is 16.3 Å². The van der Waals surface area contributed by atoms with Crippen LogP contribution in [0.4, 0.5) is 4.39 Å². The van der Waals surface area contributed by atoms with Crippen LogP contribution in [0.15, 0.2) is 22.6 Å². The minimum absolute atomic E-state index is 0.0216. The number of halogens is 2. The van der Waals surface area contributed by atoms with Crippen LogP contribution in [0.25, 0.3) is 11.5 Å². The molecule has 0 radical (unpaired) electrons. The summed E-state index contributed by atoms with van der Waals surface area (Å²) in [5, 5.41) is 9.24. The Hall–Kier alpha value is -1.88. The summed E-state index contributed by atoms with van der Waals surface area (Å²) in [6.45, 7) is 3.85. The zero-order valence-corrected chi connectivity index (χ0v) is 11.7. The van der Waals surface area contributed by atoms with Crippen LogP contribution in [0.3, 0.4) is 0 Å². The molecule has 1 aromatic carbocycles. The van der Waals surface area contributed by atoms with Gasteiger partial charge < -0.3 is 9.52 Å². The zero-order valence-electron chi connectivity index (χ0n) is 11.0. The topological polar surface area (TPSA) is 63.3 Å². The van der Waals surface area contributed by atoms with E-state index in [-0.39, 0.29) is 28.2 Å². The molecule has 1 N–H and O–H groups in total. The summed E-state index contributed by atoms with van der Waals surface area (Å²) < 4.78 is 19.0. The lowest BCUT2D eigenvalue weighted by molar-refractivity contribution is 0.0661. The van der Waals surface area contributed by atoms with Gasteiger partial charge in [-0.1, -0.05) is 31.5 Å². The summed E-state index contributed by atoms with van der Waals surface area (Å²) in [6.07, 6.45) is 0.428. The van der Waals surface area contributed by atoms with Crippen molar-refractivity contribution in [3.05, 3.63) is 40.5 Å². The lowest BCUT2D eigenvalue weighted by Crippen LogP contribution is -2.03. The third-order valence-electron chi connectivity index (χ3n) is 2.67. The molecule has 4 nitrogen and oxygen atoms in total. The summed E-state index contributed by atoms with van der Waals surface area (Å²) in [4.78, 5) is 15.2. The maximum atomic E-state index is 13.8. The second-order valence-electron chi connectivity index (χ2n) is 4.79. The van der Waals surface area contributed by atoms with Gasteiger partial charge in [0.1, 0.15) is 5.82 Å². The highest BCUT2D eigenvalue weighted by Gasteiger charge is 2.23. The summed E-state index contributed by atoms with van der Waals surface area (Å²) in [7, 11) is 0. The van der Waals surface area contributed by atoms with Crippen LogP contribution in [0.5, 0.6) is 0 Å². The molecule has 2 rings (SSSR count). The van der Waals surface area contributed by atoms with Crippen molar-refractivity contribution in [2.45, 2.75) is 20.3 Å². The smallest absolute Gasteiger partial charge is 0.373 e. The second kappa shape index (κ2) is 5.63. The number of carbonyl (C=O) groups is 1. The Balaban J connectivity index is 2.56. The van der Waals surface area contributed by atoms with E-state index in [1.54, 1.807) is 0 Å². The van der Waals surface area contributed by atoms with Gasteiger partial charge in [0, 0.05) is 0 Å². The summed E-state index contributed by atoms with van der Waals surface area (Å²) in [6, 6.07) is 4.16. The van der Waals surface area contributed by atoms with Crippen LogP contribution in [-0.4, -0.2) is 16.1 Å². The predicted molar refractivity (Wildman–Crippen MR) is 72.4 cm³/mol. The van der Waals surface area contributed by atoms with E-state index in [2.05, 4.69) is 4.98 Å². The average molecular weight is 298 g/mol. The number of aromatic nitrogens is 1. The van der Waals surface area contributed by atoms with Crippen molar-refractivity contribution in [2.24, 2.45) is 5.92 Å². The van der Waals surface area contributed by atoms with E-state index in [0.29, 0.717) is 12.1 Å². The predicted octanol–water partition coefficient (Wildman–Crippen LogP) is 4.03. The number of carboxylic acid groups (broad SMARTS) is 1. The standard InChI is InChI=1S/C14H13ClFNO3/c1-7(2)6-10-12(14(18)19)20-13(17-10)11-8(15)4-3-5-9(11)16/h3-5,7H,6H2,1-2H3,(H,18,19). The van der Waals surface area contributed by atoms with Crippen LogP contribution < -0.4 is 0 Å². The van der Waals surface area contributed by atoms with Crippen molar-refractivity contribution in [2.75, 3.05) is 0 Å². The molecule has 0 aliphatic rings. The van der Waals surface area contributed by atoms with E-state index in [1.165, 1.54) is 18.2 Å². The number of aromatic carboxylic acids is 1. The quantitative estimate of drug-likeness (QED) is 0.925. The van der Waals surface area contributed by atoms with Gasteiger partial charge in [-0.3, -0.25) is 0 Å². The first-order valence-electron chi connectivity index (χ1n) is 6.07. The minimum atomic E-state index is -1.23. The number of rotatable bonds is 4. The van der Waals surface area contributed by atoms with E-state index in [1.807, 2.05) is 13.8 Å². The molecule has 0 aliphatic heterocycles. The normalized spacial score (nSPS) is 11.1. The van der Waals surface area contributed by atoms with E-state index >= 15 is 0 Å². The monoisotopic (exact) mass is 297 g/mol. The number of nitrogens with zero attached hydrogens (tertiary/aromatic N) is 1. The van der Waals surface area contributed by atoms with Crippen molar-refractivity contribution >= 4 is 17.6 Å². The van der Waals surface area contributed by atoms with Gasteiger partial charge >= 0.3 is 5.97 Å². The minimum Gasteiger partial charge on any atom is -0.475 e. The third-order valence-corrected chi connectivity index (χ3v) is 2.98. The van der Waals surface area contributed by atoms with Crippen LogP contribution in [0.1, 0.15) is 30.1 Å². The van der Waals surface area contributed by atoms with Crippen molar-refractivity contribution in [3.8, 4) is 11.5 Å². The number of hydrogen-bond donors (Lipinski definition) is 1. The molecule has 0 saturated carbocycles. The lowest BCUT2D eigenvalue weighted by atomic mass is 10.1. The van der Waals surface area contributed by atoms with Crippen LogP contribution in [0.2, 0.25) is 5.02 Å². The van der Waals surface area contributed by atoms with E-state index < -0.39 is 11.8 Å². The molecule has 0 unspecified atom stereocenters. The molecule has 1 heterocycles. The molecular weight excluding hydrogens is 285 g/mol. The van der Waals surface area contributed by atoms with Gasteiger partial charge in [-0.15, -0.1) is 0 Å². The highest BCUT2D eigenvalue weighted by molar-refractivity contribution is 6.33. The lowest BCUT2D eigenvalue weighted by Gasteiger charge is -2.00. The van der Waals surface area contributed by atoms with Gasteiger partial charge in [0.2, 0.25) is 11.7 Å². The fraction of sp³-hybridized carbons (Fsp3) is 0.286. The Morgan fingerprint density at radius 1 is 1.50 bits per heavy atom. The highest BCUT2D eigenvalue weighted by Crippen LogP contribution is 2.31. The molecule has 2 aromatic rings. The fourth-order valence-corrected chi connectivity index (χ4v) is 2.10. The first kappa shape index (κ1) is 14.5. The molecule has 0 bridgehead atoms. The fourth-order valence-electron chi connectivity index (χ4n) is 1.85. The summed E-state index contributed by atoms with van der Waals surface area (Å²) >= 11 is 5.92. The average Bonchev–Trinajstić information content (AvgIpc) is 2.71. The first-order chi connectivity index (χ1) is 9.40. The number of hydrogen-bond acceptors (Lipinski definition) is 3. The van der Waals surface area contributed by atoms with Crippen molar-refractivity contribution < 1.29 is 18.7 Å². The maximum absolute atomic E-state index is 13.8. The van der Waals surface area contributed by atoms with Gasteiger partial charge in [0.15, 0.2) is 0 Å². The molecule has 0 saturated heterocycles. The Kier molecular flexibility index (Phi) is 4.09. The highest BCUT2D eigenvalue weighted by atomic mass is 35.5. The largest absolute Gasteiger partial charge is 0.475 e. The first-order valence-corrected chi connectivity index (χ1v) is 6.45. The van der Waals surface area contributed by atoms with Gasteiger partial charge in [-0.2, -0.15) is 0 Å². The van der Waals surface area contributed by atoms with Crippen LogP contribution in [0, 0.1) is 11.7 Å². The molecule has 106 valence electrons. The molecule has 0 amide bonds. The summed E-state index contributed by atoms with van der Waals surface area (Å²) in [5.74, 6) is -2.02. The Morgan fingerprint density at radius 3 is 2.75 bits per heavy atom. The molecule has 0 atom stereocenters. The van der Waals surface area contributed by atoms with Crippen LogP contribution >= 0.6 is 11.6 Å². The number of carboxylic acids is 1. The van der Waals surface area contributed by atoms with Gasteiger partial charge in [-0.05, 0) is 24.5 Å². The number of benzene rings is 1. The van der Waals surface area contributed by atoms with Crippen LogP contribution in [-0.2, 0) is 6.42 Å².